The van der Waals surface area contributed by atoms with Crippen LogP contribution in [0.15, 0.2) is 22.7 Å². The van der Waals surface area contributed by atoms with E-state index in [0.717, 1.165) is 22.2 Å². The molecule has 22 heavy (non-hydrogen) atoms. The molecular weight excluding hydrogens is 368 g/mol. The average molecular weight is 394 g/mol. The molecule has 1 aromatic carbocycles. The maximum Gasteiger partial charge on any atom is 0.220 e. The number of carbonyl (C=O) groups is 1. The number of aryl methyl sites for hydroxylation is 1. The summed E-state index contributed by atoms with van der Waals surface area (Å²) >= 11 is 3.45. The van der Waals surface area contributed by atoms with Crippen LogP contribution >= 0.6 is 28.3 Å². The van der Waals surface area contributed by atoms with Crippen molar-refractivity contribution in [1.29, 1.82) is 0 Å². The molecule has 1 aromatic rings. The molecule has 6 heteroatoms. The third kappa shape index (κ3) is 7.47. The number of nitrogens with one attached hydrogen (secondary N) is 1. The summed E-state index contributed by atoms with van der Waals surface area (Å²) in [5, 5.41) is 3.01. The molecular formula is C16H26BrClN2O2. The topological polar surface area (TPSA) is 64.3 Å². The molecule has 4 nitrogen and oxygen atoms in total. The number of benzene rings is 1. The molecule has 0 aliphatic heterocycles. The predicted molar refractivity (Wildman–Crippen MR) is 96.7 cm³/mol. The van der Waals surface area contributed by atoms with Crippen LogP contribution in [0.4, 0.5) is 0 Å². The molecule has 126 valence electrons. The van der Waals surface area contributed by atoms with E-state index in [9.17, 15) is 4.79 Å². The van der Waals surface area contributed by atoms with E-state index in [4.69, 9.17) is 10.5 Å². The van der Waals surface area contributed by atoms with Crippen LogP contribution in [0.2, 0.25) is 0 Å². The van der Waals surface area contributed by atoms with Crippen LogP contribution in [0, 0.1) is 5.92 Å². The summed E-state index contributed by atoms with van der Waals surface area (Å²) in [6, 6.07) is 5.94. The number of amides is 1. The van der Waals surface area contributed by atoms with Gasteiger partial charge in [-0.25, -0.2) is 0 Å². The second-order valence-electron chi connectivity index (χ2n) is 5.60. The Bertz CT molecular complexity index is 469. The van der Waals surface area contributed by atoms with Gasteiger partial charge in [-0.2, -0.15) is 0 Å². The normalized spacial score (nSPS) is 11.7. The van der Waals surface area contributed by atoms with Crippen LogP contribution in [-0.2, 0) is 11.2 Å². The van der Waals surface area contributed by atoms with Gasteiger partial charge in [0.05, 0.1) is 11.6 Å². The highest BCUT2D eigenvalue weighted by Gasteiger charge is 2.12. The van der Waals surface area contributed by atoms with Gasteiger partial charge < -0.3 is 15.8 Å². The summed E-state index contributed by atoms with van der Waals surface area (Å²) in [6.45, 7) is 4.74. The molecule has 0 aliphatic rings. The molecule has 0 bridgehead atoms. The lowest BCUT2D eigenvalue weighted by Crippen LogP contribution is -2.41. The average Bonchev–Trinajstić information content (AvgIpc) is 2.44. The molecule has 0 fully saturated rings. The standard InChI is InChI=1S/C16H25BrN2O2.ClH/c1-11(2)8-13(10-18)19-16(20)7-5-12-4-6-15(21-3)14(17)9-12;/h4,6,9,11,13H,5,7-8,10,18H2,1-3H3,(H,19,20);1H. The summed E-state index contributed by atoms with van der Waals surface area (Å²) in [5.41, 5.74) is 6.80. The first-order chi connectivity index (χ1) is 9.96. The van der Waals surface area contributed by atoms with Gasteiger partial charge in [0.25, 0.3) is 0 Å². The maximum absolute atomic E-state index is 12.0. The van der Waals surface area contributed by atoms with Gasteiger partial charge in [0.1, 0.15) is 5.75 Å². The Labute approximate surface area is 147 Å². The number of halogens is 2. The first-order valence-electron chi connectivity index (χ1n) is 7.28. The van der Waals surface area contributed by atoms with E-state index in [1.54, 1.807) is 7.11 Å². The van der Waals surface area contributed by atoms with Crippen molar-refractivity contribution in [3.8, 4) is 5.75 Å². The van der Waals surface area contributed by atoms with E-state index in [1.165, 1.54) is 0 Å². The van der Waals surface area contributed by atoms with Crippen LogP contribution in [0.3, 0.4) is 0 Å². The Morgan fingerprint density at radius 2 is 2.09 bits per heavy atom. The molecule has 0 radical (unpaired) electrons. The third-order valence-electron chi connectivity index (χ3n) is 3.26. The highest BCUT2D eigenvalue weighted by atomic mass is 79.9. The van der Waals surface area contributed by atoms with Gasteiger partial charge in [-0.1, -0.05) is 19.9 Å². The summed E-state index contributed by atoms with van der Waals surface area (Å²) in [4.78, 5) is 12.0. The minimum absolute atomic E-state index is 0. The molecule has 0 aromatic heterocycles. The second-order valence-corrected chi connectivity index (χ2v) is 6.45. The number of methoxy groups -OCH3 is 1. The smallest absolute Gasteiger partial charge is 0.220 e. The molecule has 0 aliphatic carbocycles. The highest BCUT2D eigenvalue weighted by molar-refractivity contribution is 9.10. The first kappa shape index (κ1) is 21.2. The van der Waals surface area contributed by atoms with Crippen molar-refractivity contribution in [2.75, 3.05) is 13.7 Å². The number of hydrogen-bond acceptors (Lipinski definition) is 3. The fourth-order valence-electron chi connectivity index (χ4n) is 2.21. The predicted octanol–water partition coefficient (Wildman–Crippen LogP) is 3.30. The van der Waals surface area contributed by atoms with Crippen molar-refractivity contribution in [2.24, 2.45) is 11.7 Å². The second kappa shape index (κ2) is 10.9. The minimum atomic E-state index is 0. The lowest BCUT2D eigenvalue weighted by Gasteiger charge is -2.18. The number of rotatable bonds is 8. The van der Waals surface area contributed by atoms with Crippen LogP contribution in [0.5, 0.6) is 5.75 Å². The maximum atomic E-state index is 12.0. The number of hydrogen-bond donors (Lipinski definition) is 2. The molecule has 1 rings (SSSR count). The van der Waals surface area contributed by atoms with Crippen LogP contribution < -0.4 is 15.8 Å². The number of nitrogens with two attached hydrogens (primary N) is 1. The SMILES string of the molecule is COc1ccc(CCC(=O)NC(CN)CC(C)C)cc1Br.Cl. The van der Waals surface area contributed by atoms with Gasteiger partial charge in [0.15, 0.2) is 0 Å². The molecule has 1 amide bonds. The van der Waals surface area contributed by atoms with E-state index < -0.39 is 0 Å². The zero-order valence-electron chi connectivity index (χ0n) is 13.4. The van der Waals surface area contributed by atoms with E-state index in [-0.39, 0.29) is 24.4 Å². The van der Waals surface area contributed by atoms with Crippen molar-refractivity contribution in [3.05, 3.63) is 28.2 Å². The Hall–Kier alpha value is -0.780. The van der Waals surface area contributed by atoms with Crippen LogP contribution in [0.1, 0.15) is 32.3 Å². The van der Waals surface area contributed by atoms with Gasteiger partial charge in [0.2, 0.25) is 5.91 Å². The zero-order chi connectivity index (χ0) is 15.8. The lowest BCUT2D eigenvalue weighted by atomic mass is 10.0. The van der Waals surface area contributed by atoms with Crippen LogP contribution in [-0.4, -0.2) is 25.6 Å². The van der Waals surface area contributed by atoms with Gasteiger partial charge >= 0.3 is 0 Å². The molecule has 0 heterocycles. The van der Waals surface area contributed by atoms with Crippen molar-refractivity contribution in [2.45, 2.75) is 39.2 Å². The summed E-state index contributed by atoms with van der Waals surface area (Å²) < 4.78 is 6.09. The van der Waals surface area contributed by atoms with E-state index >= 15 is 0 Å². The molecule has 0 spiro atoms. The largest absolute Gasteiger partial charge is 0.496 e. The van der Waals surface area contributed by atoms with Crippen molar-refractivity contribution >= 4 is 34.2 Å². The van der Waals surface area contributed by atoms with Gasteiger partial charge in [0, 0.05) is 19.0 Å². The molecule has 1 atom stereocenters. The van der Waals surface area contributed by atoms with E-state index in [1.807, 2.05) is 18.2 Å². The molecule has 0 saturated carbocycles. The lowest BCUT2D eigenvalue weighted by molar-refractivity contribution is -0.121. The zero-order valence-corrected chi connectivity index (χ0v) is 15.8. The van der Waals surface area contributed by atoms with Gasteiger partial charge in [-0.05, 0) is 52.4 Å². The number of carbonyl (C=O) groups excluding carboxylic acids is 1. The highest BCUT2D eigenvalue weighted by Crippen LogP contribution is 2.25. The van der Waals surface area contributed by atoms with E-state index in [0.29, 0.717) is 25.3 Å². The van der Waals surface area contributed by atoms with Crippen LogP contribution in [0.25, 0.3) is 0 Å². The fourth-order valence-corrected chi connectivity index (χ4v) is 2.79. The summed E-state index contributed by atoms with van der Waals surface area (Å²) in [5.74, 6) is 1.37. The third-order valence-corrected chi connectivity index (χ3v) is 3.88. The minimum Gasteiger partial charge on any atom is -0.496 e. The first-order valence-corrected chi connectivity index (χ1v) is 8.07. The Morgan fingerprint density at radius 1 is 1.41 bits per heavy atom. The quantitative estimate of drug-likeness (QED) is 0.712. The fraction of sp³-hybridized carbons (Fsp3) is 0.562. The molecule has 0 saturated heterocycles. The monoisotopic (exact) mass is 392 g/mol. The molecule has 3 N–H and O–H groups in total. The summed E-state index contributed by atoms with van der Waals surface area (Å²) in [6.07, 6.45) is 2.08. The Morgan fingerprint density at radius 3 is 2.59 bits per heavy atom. The summed E-state index contributed by atoms with van der Waals surface area (Å²) in [7, 11) is 1.63. The van der Waals surface area contributed by atoms with E-state index in [2.05, 4.69) is 35.1 Å². The van der Waals surface area contributed by atoms with Crippen molar-refractivity contribution in [3.63, 3.8) is 0 Å². The Balaban J connectivity index is 0.00000441. The van der Waals surface area contributed by atoms with Crippen molar-refractivity contribution in [1.82, 2.24) is 5.32 Å². The number of ether oxygens (including phenoxy) is 1. The van der Waals surface area contributed by atoms with Gasteiger partial charge in [-0.3, -0.25) is 4.79 Å². The Kier molecular flexibility index (Phi) is 10.5. The van der Waals surface area contributed by atoms with Crippen molar-refractivity contribution < 1.29 is 9.53 Å². The molecule has 1 unspecified atom stereocenters. The van der Waals surface area contributed by atoms with Gasteiger partial charge in [-0.15, -0.1) is 12.4 Å².